The first-order chi connectivity index (χ1) is 17.2. The fourth-order valence-electron chi connectivity index (χ4n) is 5.01. The summed E-state index contributed by atoms with van der Waals surface area (Å²) in [6.45, 7) is 1.86. The van der Waals surface area contributed by atoms with Gasteiger partial charge in [0.1, 0.15) is 5.82 Å². The van der Waals surface area contributed by atoms with Gasteiger partial charge in [-0.05, 0) is 66.4 Å². The number of hydrogen-bond acceptors (Lipinski definition) is 7. The number of anilines is 2. The van der Waals surface area contributed by atoms with Crippen molar-refractivity contribution in [3.8, 4) is 5.82 Å². The molecule has 1 aliphatic carbocycles. The van der Waals surface area contributed by atoms with E-state index in [2.05, 4.69) is 54.8 Å². The van der Waals surface area contributed by atoms with Crippen LogP contribution in [0.5, 0.6) is 0 Å². The van der Waals surface area contributed by atoms with Crippen LogP contribution < -0.4 is 5.32 Å². The van der Waals surface area contributed by atoms with Gasteiger partial charge in [0.15, 0.2) is 17.3 Å². The summed E-state index contributed by atoms with van der Waals surface area (Å²) in [6, 6.07) is 9.47. The molecule has 184 valence electrons. The molecule has 36 heavy (non-hydrogen) atoms. The van der Waals surface area contributed by atoms with Gasteiger partial charge in [-0.1, -0.05) is 12.1 Å². The fourth-order valence-corrected chi connectivity index (χ4v) is 5.57. The second-order valence-electron chi connectivity index (χ2n) is 9.64. The Morgan fingerprint density at radius 2 is 1.97 bits per heavy atom. The lowest BCUT2D eigenvalue weighted by Crippen LogP contribution is -2.27. The predicted octanol–water partition coefficient (Wildman–Crippen LogP) is 4.83. The van der Waals surface area contributed by atoms with Gasteiger partial charge in [0, 0.05) is 53.4 Å². The molecule has 0 unspecified atom stereocenters. The molecule has 0 fully saturated rings. The number of benzene rings is 1. The second kappa shape index (κ2) is 8.49. The van der Waals surface area contributed by atoms with E-state index < -0.39 is 15.5 Å². The molecule has 3 aromatic heterocycles. The van der Waals surface area contributed by atoms with Crippen LogP contribution in [0.25, 0.3) is 22.4 Å². The third kappa shape index (κ3) is 4.27. The lowest BCUT2D eigenvalue weighted by molar-refractivity contribution is 0.358. The van der Waals surface area contributed by atoms with E-state index in [0.29, 0.717) is 23.2 Å². The van der Waals surface area contributed by atoms with Gasteiger partial charge in [-0.3, -0.25) is 9.47 Å². The number of likely N-dealkylation sites (N-methyl/N-ethyl adjacent to an activating group) is 1. The van der Waals surface area contributed by atoms with Gasteiger partial charge in [0.2, 0.25) is 5.95 Å². The molecular weight excluding hydrogens is 477 g/mol. The first-order valence-corrected chi connectivity index (χ1v) is 14.1. The number of aromatic nitrogens is 4. The lowest BCUT2D eigenvalue weighted by atomic mass is 9.84. The minimum atomic E-state index is -2.38. The van der Waals surface area contributed by atoms with Crippen molar-refractivity contribution in [2.45, 2.75) is 19.4 Å². The standard InChI is InChI=1S/C26H26FN7OS/c1-33-13-17-7-4-6-16-10-19(11-18(14-33)24(16)17)29-26-28-12-20-21(27)15-34(25(20)31-26)23-9-5-8-22(30-23)32-36(2,3)35/h5,7-12,15H,4,6,13-14H2,1-3H3,(H,28,29,31). The summed E-state index contributed by atoms with van der Waals surface area (Å²) in [6.07, 6.45) is 10.3. The van der Waals surface area contributed by atoms with Crippen LogP contribution in [0.2, 0.25) is 0 Å². The maximum atomic E-state index is 14.8. The SMILES string of the molecule is CN1CC2=CCCc3cc(Nc4ncc5c(F)cn(-c6cccc(N=S(C)(C)=O)n6)c5n4)cc(c32)C1. The summed E-state index contributed by atoms with van der Waals surface area (Å²) >= 11 is 0. The summed E-state index contributed by atoms with van der Waals surface area (Å²) in [4.78, 5) is 15.8. The monoisotopic (exact) mass is 503 g/mol. The van der Waals surface area contributed by atoms with Gasteiger partial charge in [0.25, 0.3) is 0 Å². The summed E-state index contributed by atoms with van der Waals surface area (Å²) in [5.74, 6) is 0.671. The van der Waals surface area contributed by atoms with E-state index in [1.807, 2.05) is 0 Å². The van der Waals surface area contributed by atoms with Gasteiger partial charge < -0.3 is 5.32 Å². The van der Waals surface area contributed by atoms with Crippen molar-refractivity contribution in [1.29, 1.82) is 0 Å². The molecule has 4 heterocycles. The van der Waals surface area contributed by atoms with Gasteiger partial charge in [0.05, 0.1) is 5.39 Å². The average molecular weight is 504 g/mol. The Morgan fingerprint density at radius 1 is 1.14 bits per heavy atom. The molecule has 0 bridgehead atoms. The molecule has 0 saturated heterocycles. The molecule has 8 nitrogen and oxygen atoms in total. The maximum Gasteiger partial charge on any atom is 0.229 e. The molecule has 0 atom stereocenters. The lowest BCUT2D eigenvalue weighted by Gasteiger charge is -2.32. The number of hydrogen-bond donors (Lipinski definition) is 1. The van der Waals surface area contributed by atoms with E-state index in [-0.39, 0.29) is 5.39 Å². The maximum absolute atomic E-state index is 14.8. The number of nitrogens with one attached hydrogen (secondary N) is 1. The summed E-state index contributed by atoms with van der Waals surface area (Å²) in [5.41, 5.74) is 6.71. The van der Waals surface area contributed by atoms with Crippen LogP contribution in [0.4, 0.5) is 21.8 Å². The molecule has 1 aromatic carbocycles. The molecule has 0 amide bonds. The Morgan fingerprint density at radius 3 is 2.81 bits per heavy atom. The molecule has 2 aliphatic rings. The average Bonchev–Trinajstić information content (AvgIpc) is 3.14. The van der Waals surface area contributed by atoms with E-state index in [9.17, 15) is 8.60 Å². The molecule has 6 rings (SSSR count). The zero-order valence-corrected chi connectivity index (χ0v) is 21.1. The van der Waals surface area contributed by atoms with Crippen LogP contribution in [-0.2, 0) is 22.7 Å². The predicted molar refractivity (Wildman–Crippen MR) is 141 cm³/mol. The Hall–Kier alpha value is -3.63. The highest BCUT2D eigenvalue weighted by Crippen LogP contribution is 2.37. The highest BCUT2D eigenvalue weighted by Gasteiger charge is 2.24. The van der Waals surface area contributed by atoms with E-state index in [0.717, 1.165) is 31.6 Å². The zero-order chi connectivity index (χ0) is 25.0. The van der Waals surface area contributed by atoms with Crippen LogP contribution in [0.3, 0.4) is 0 Å². The number of rotatable bonds is 4. The van der Waals surface area contributed by atoms with Crippen molar-refractivity contribution in [2.24, 2.45) is 4.36 Å². The molecule has 1 N–H and O–H groups in total. The number of allylic oxidation sites excluding steroid dienone is 1. The Bertz CT molecular complexity index is 1680. The van der Waals surface area contributed by atoms with Crippen LogP contribution in [0, 0.1) is 5.82 Å². The smallest absolute Gasteiger partial charge is 0.229 e. The Labute approximate surface area is 209 Å². The summed E-state index contributed by atoms with van der Waals surface area (Å²) in [5, 5.41) is 3.62. The van der Waals surface area contributed by atoms with E-state index in [1.165, 1.54) is 34.7 Å². The number of halogens is 1. The highest BCUT2D eigenvalue weighted by molar-refractivity contribution is 7.92. The number of pyridine rings is 1. The molecule has 0 radical (unpaired) electrons. The minimum absolute atomic E-state index is 0.288. The molecule has 4 aromatic rings. The molecule has 0 spiro atoms. The van der Waals surface area contributed by atoms with Crippen LogP contribution in [-0.4, -0.2) is 54.7 Å². The van der Waals surface area contributed by atoms with E-state index in [4.69, 9.17) is 0 Å². The Kier molecular flexibility index (Phi) is 5.38. The normalized spacial score (nSPS) is 15.5. The largest absolute Gasteiger partial charge is 0.324 e. The van der Waals surface area contributed by atoms with Gasteiger partial charge in [-0.15, -0.1) is 0 Å². The first-order valence-electron chi connectivity index (χ1n) is 11.7. The van der Waals surface area contributed by atoms with Crippen molar-refractivity contribution < 1.29 is 8.60 Å². The van der Waals surface area contributed by atoms with Crippen molar-refractivity contribution >= 4 is 43.8 Å². The number of aryl methyl sites for hydroxylation is 1. The van der Waals surface area contributed by atoms with Crippen LogP contribution >= 0.6 is 0 Å². The molecular formula is C26H26FN7OS. The van der Waals surface area contributed by atoms with Crippen molar-refractivity contribution in [3.63, 3.8) is 0 Å². The van der Waals surface area contributed by atoms with Crippen LogP contribution in [0.1, 0.15) is 23.1 Å². The second-order valence-corrected chi connectivity index (χ2v) is 12.2. The van der Waals surface area contributed by atoms with Crippen molar-refractivity contribution in [3.05, 3.63) is 71.3 Å². The number of nitrogens with zero attached hydrogens (tertiary/aromatic N) is 6. The van der Waals surface area contributed by atoms with E-state index >= 15 is 0 Å². The fraction of sp³-hybridized carbons (Fsp3) is 0.269. The first kappa shape index (κ1) is 22.8. The van der Waals surface area contributed by atoms with Gasteiger partial charge in [-0.2, -0.15) is 9.35 Å². The van der Waals surface area contributed by atoms with Crippen molar-refractivity contribution in [1.82, 2.24) is 24.4 Å². The quantitative estimate of drug-likeness (QED) is 0.429. The van der Waals surface area contributed by atoms with Crippen LogP contribution in [0.15, 0.2) is 53.2 Å². The summed E-state index contributed by atoms with van der Waals surface area (Å²) in [7, 11) is -0.250. The molecule has 1 aliphatic heterocycles. The zero-order valence-electron chi connectivity index (χ0n) is 20.3. The van der Waals surface area contributed by atoms with Gasteiger partial charge in [-0.25, -0.2) is 18.6 Å². The Balaban J connectivity index is 1.39. The minimum Gasteiger partial charge on any atom is -0.324 e. The van der Waals surface area contributed by atoms with Crippen molar-refractivity contribution in [2.75, 3.05) is 31.4 Å². The van der Waals surface area contributed by atoms with E-state index in [1.54, 1.807) is 35.3 Å². The topological polar surface area (TPSA) is 88.3 Å². The molecule has 10 heteroatoms. The number of fused-ring (bicyclic) bond motifs is 1. The van der Waals surface area contributed by atoms with Gasteiger partial charge >= 0.3 is 0 Å². The molecule has 0 saturated carbocycles. The third-order valence-electron chi connectivity index (χ3n) is 6.34. The summed E-state index contributed by atoms with van der Waals surface area (Å²) < 4.78 is 32.6. The third-order valence-corrected chi connectivity index (χ3v) is 6.97. The highest BCUT2D eigenvalue weighted by atomic mass is 32.2.